The van der Waals surface area contributed by atoms with Crippen molar-refractivity contribution >= 4 is 17.5 Å². The molecule has 0 unspecified atom stereocenters. The SMILES string of the molecule is O=C(c1ccc2c(c1)OCO2)N(Cc1ccc(F)cc1Cl)C[C@H]1CC=CCC1. The number of allylic oxidation sites excluding steroid dienone is 2. The molecule has 28 heavy (non-hydrogen) atoms. The van der Waals surface area contributed by atoms with Crippen molar-refractivity contribution in [3.63, 3.8) is 0 Å². The van der Waals surface area contributed by atoms with Crippen molar-refractivity contribution < 1.29 is 18.7 Å². The summed E-state index contributed by atoms with van der Waals surface area (Å²) >= 11 is 6.22. The number of halogens is 2. The lowest BCUT2D eigenvalue weighted by Gasteiger charge is -2.29. The van der Waals surface area contributed by atoms with Crippen molar-refractivity contribution in [1.29, 1.82) is 0 Å². The summed E-state index contributed by atoms with van der Waals surface area (Å²) in [6.07, 6.45) is 7.36. The lowest BCUT2D eigenvalue weighted by molar-refractivity contribution is 0.0710. The summed E-state index contributed by atoms with van der Waals surface area (Å²) < 4.78 is 24.1. The minimum Gasteiger partial charge on any atom is -0.454 e. The molecular weight excluding hydrogens is 381 g/mol. The molecule has 0 aromatic heterocycles. The fraction of sp³-hybridized carbons (Fsp3) is 0.318. The van der Waals surface area contributed by atoms with Gasteiger partial charge >= 0.3 is 0 Å². The molecule has 146 valence electrons. The van der Waals surface area contributed by atoms with Gasteiger partial charge in [0.25, 0.3) is 5.91 Å². The van der Waals surface area contributed by atoms with Gasteiger partial charge in [0.15, 0.2) is 11.5 Å². The van der Waals surface area contributed by atoms with E-state index in [4.69, 9.17) is 21.1 Å². The van der Waals surface area contributed by atoms with E-state index < -0.39 is 0 Å². The molecule has 1 heterocycles. The number of fused-ring (bicyclic) bond motifs is 1. The first kappa shape index (κ1) is 18.8. The van der Waals surface area contributed by atoms with E-state index in [0.717, 1.165) is 24.8 Å². The number of ether oxygens (including phenoxy) is 2. The summed E-state index contributed by atoms with van der Waals surface area (Å²) in [5.41, 5.74) is 1.26. The van der Waals surface area contributed by atoms with E-state index >= 15 is 0 Å². The maximum Gasteiger partial charge on any atom is 0.254 e. The molecular formula is C22H21ClFNO3. The second-order valence-corrected chi connectivity index (χ2v) is 7.55. The number of carbonyl (C=O) groups is 1. The lowest BCUT2D eigenvalue weighted by Crippen LogP contribution is -2.35. The van der Waals surface area contributed by atoms with Crippen LogP contribution in [0, 0.1) is 11.7 Å². The Kier molecular flexibility index (Phi) is 5.53. The third-order valence-electron chi connectivity index (χ3n) is 5.14. The number of hydrogen-bond acceptors (Lipinski definition) is 3. The maximum atomic E-state index is 13.4. The normalized spacial score (nSPS) is 17.6. The second kappa shape index (κ2) is 8.23. The summed E-state index contributed by atoms with van der Waals surface area (Å²) in [5, 5.41) is 0.326. The van der Waals surface area contributed by atoms with Crippen LogP contribution in [0.5, 0.6) is 11.5 Å². The molecule has 0 radical (unpaired) electrons. The predicted octanol–water partition coefficient (Wildman–Crippen LogP) is 5.21. The average Bonchev–Trinajstić information content (AvgIpc) is 3.17. The zero-order valence-corrected chi connectivity index (χ0v) is 16.1. The first-order valence-corrected chi connectivity index (χ1v) is 9.76. The number of rotatable bonds is 5. The van der Waals surface area contributed by atoms with Crippen LogP contribution < -0.4 is 9.47 Å². The van der Waals surface area contributed by atoms with Crippen molar-refractivity contribution in [2.45, 2.75) is 25.8 Å². The Morgan fingerprint density at radius 1 is 1.14 bits per heavy atom. The monoisotopic (exact) mass is 401 g/mol. The Labute approximate surface area is 168 Å². The fourth-order valence-corrected chi connectivity index (χ4v) is 3.85. The molecule has 2 aliphatic rings. The van der Waals surface area contributed by atoms with Crippen LogP contribution in [0.4, 0.5) is 4.39 Å². The van der Waals surface area contributed by atoms with Crippen LogP contribution in [0.15, 0.2) is 48.6 Å². The van der Waals surface area contributed by atoms with Crippen LogP contribution in [-0.4, -0.2) is 24.1 Å². The van der Waals surface area contributed by atoms with E-state index in [1.807, 2.05) is 0 Å². The first-order valence-electron chi connectivity index (χ1n) is 9.38. The highest BCUT2D eigenvalue weighted by molar-refractivity contribution is 6.31. The quantitative estimate of drug-likeness (QED) is 0.646. The average molecular weight is 402 g/mol. The number of hydrogen-bond donors (Lipinski definition) is 0. The number of carbonyl (C=O) groups excluding carboxylic acids is 1. The lowest BCUT2D eigenvalue weighted by atomic mass is 9.93. The standard InChI is InChI=1S/C22H21ClFNO3/c23-19-11-18(24)8-6-17(19)13-25(12-15-4-2-1-3-5-15)22(26)16-7-9-20-21(10-16)28-14-27-20/h1-2,6-11,15H,3-5,12-14H2/t15-/m0/s1. The Bertz CT molecular complexity index is 915. The molecule has 4 nitrogen and oxygen atoms in total. The highest BCUT2D eigenvalue weighted by atomic mass is 35.5. The van der Waals surface area contributed by atoms with E-state index in [0.29, 0.717) is 41.1 Å². The summed E-state index contributed by atoms with van der Waals surface area (Å²) in [7, 11) is 0. The minimum atomic E-state index is -0.389. The minimum absolute atomic E-state index is 0.103. The van der Waals surface area contributed by atoms with Crippen molar-refractivity contribution in [3.8, 4) is 11.5 Å². The molecule has 1 atom stereocenters. The van der Waals surface area contributed by atoms with E-state index in [9.17, 15) is 9.18 Å². The molecule has 0 N–H and O–H groups in total. The Hall–Kier alpha value is -2.53. The number of amides is 1. The smallest absolute Gasteiger partial charge is 0.254 e. The van der Waals surface area contributed by atoms with Gasteiger partial charge in [-0.1, -0.05) is 29.8 Å². The summed E-state index contributed by atoms with van der Waals surface area (Å²) in [4.78, 5) is 15.1. The van der Waals surface area contributed by atoms with Crippen molar-refractivity contribution in [2.75, 3.05) is 13.3 Å². The fourth-order valence-electron chi connectivity index (χ4n) is 3.62. The van der Waals surface area contributed by atoms with Gasteiger partial charge in [0.2, 0.25) is 6.79 Å². The van der Waals surface area contributed by atoms with Crippen molar-refractivity contribution in [1.82, 2.24) is 4.90 Å². The Morgan fingerprint density at radius 3 is 2.79 bits per heavy atom. The zero-order chi connectivity index (χ0) is 19.5. The molecule has 2 aromatic rings. The van der Waals surface area contributed by atoms with Gasteiger partial charge in [0.05, 0.1) is 0 Å². The zero-order valence-electron chi connectivity index (χ0n) is 15.4. The molecule has 0 bridgehead atoms. The summed E-state index contributed by atoms with van der Waals surface area (Å²) in [5.74, 6) is 1.11. The molecule has 4 rings (SSSR count). The van der Waals surface area contributed by atoms with Gasteiger partial charge < -0.3 is 14.4 Å². The van der Waals surface area contributed by atoms with Gasteiger partial charge in [-0.05, 0) is 61.1 Å². The largest absolute Gasteiger partial charge is 0.454 e. The van der Waals surface area contributed by atoms with Gasteiger partial charge in [0, 0.05) is 23.7 Å². The number of benzene rings is 2. The van der Waals surface area contributed by atoms with Crippen LogP contribution in [0.2, 0.25) is 5.02 Å². The molecule has 1 aliphatic carbocycles. The van der Waals surface area contributed by atoms with Crippen LogP contribution >= 0.6 is 11.6 Å². The van der Waals surface area contributed by atoms with E-state index in [2.05, 4.69) is 12.2 Å². The number of nitrogens with zero attached hydrogens (tertiary/aromatic N) is 1. The molecule has 6 heteroatoms. The van der Waals surface area contributed by atoms with Gasteiger partial charge in [0.1, 0.15) is 5.82 Å². The molecule has 0 fully saturated rings. The Balaban J connectivity index is 1.59. The molecule has 0 saturated carbocycles. The van der Waals surface area contributed by atoms with Gasteiger partial charge in [-0.3, -0.25) is 4.79 Å². The van der Waals surface area contributed by atoms with E-state index in [1.165, 1.54) is 12.1 Å². The Morgan fingerprint density at radius 2 is 2.00 bits per heavy atom. The third kappa shape index (κ3) is 4.14. The topological polar surface area (TPSA) is 38.8 Å². The van der Waals surface area contributed by atoms with Gasteiger partial charge in [-0.2, -0.15) is 0 Å². The molecule has 1 aliphatic heterocycles. The highest BCUT2D eigenvalue weighted by Crippen LogP contribution is 2.33. The van der Waals surface area contributed by atoms with Crippen LogP contribution in [-0.2, 0) is 6.54 Å². The van der Waals surface area contributed by atoms with Gasteiger partial charge in [-0.15, -0.1) is 0 Å². The molecule has 1 amide bonds. The van der Waals surface area contributed by atoms with E-state index in [1.54, 1.807) is 29.2 Å². The highest BCUT2D eigenvalue weighted by Gasteiger charge is 2.24. The van der Waals surface area contributed by atoms with Crippen LogP contribution in [0.3, 0.4) is 0 Å². The predicted molar refractivity (Wildman–Crippen MR) is 105 cm³/mol. The summed E-state index contributed by atoms with van der Waals surface area (Å²) in [6, 6.07) is 9.50. The summed E-state index contributed by atoms with van der Waals surface area (Å²) in [6.45, 7) is 1.11. The molecule has 2 aromatic carbocycles. The van der Waals surface area contributed by atoms with Crippen LogP contribution in [0.1, 0.15) is 35.2 Å². The molecule has 0 saturated heterocycles. The van der Waals surface area contributed by atoms with Crippen molar-refractivity contribution in [3.05, 3.63) is 70.5 Å². The first-order chi connectivity index (χ1) is 13.6. The van der Waals surface area contributed by atoms with Gasteiger partial charge in [-0.25, -0.2) is 4.39 Å². The second-order valence-electron chi connectivity index (χ2n) is 7.14. The van der Waals surface area contributed by atoms with Crippen molar-refractivity contribution in [2.24, 2.45) is 5.92 Å². The molecule has 0 spiro atoms. The maximum absolute atomic E-state index is 13.4. The van der Waals surface area contributed by atoms with Crippen LogP contribution in [0.25, 0.3) is 0 Å². The van der Waals surface area contributed by atoms with E-state index in [-0.39, 0.29) is 18.5 Å². The third-order valence-corrected chi connectivity index (χ3v) is 5.49.